The van der Waals surface area contributed by atoms with Crippen LogP contribution in [0.1, 0.15) is 122 Å². The Kier molecular flexibility index (Phi) is 18.8. The van der Waals surface area contributed by atoms with E-state index in [4.69, 9.17) is 0 Å². The van der Waals surface area contributed by atoms with Crippen LogP contribution in [0.25, 0.3) is 0 Å². The second kappa shape index (κ2) is 19.5. The fourth-order valence-electron chi connectivity index (χ4n) is 3.16. The van der Waals surface area contributed by atoms with Crippen LogP contribution in [-0.2, 0) is 14.3 Å². The molecule has 0 unspecified atom stereocenters. The molecule has 0 aliphatic carbocycles. The zero-order valence-electron chi connectivity index (χ0n) is 17.0. The highest BCUT2D eigenvalue weighted by atomic mass is 16.5. The Morgan fingerprint density at radius 2 is 0.920 bits per heavy atom. The van der Waals surface area contributed by atoms with Crippen molar-refractivity contribution in [2.24, 2.45) is 0 Å². The van der Waals surface area contributed by atoms with Gasteiger partial charge in [-0.1, -0.05) is 84.0 Å². The molecule has 3 nitrogen and oxygen atoms in total. The largest absolute Gasteiger partial charge is 0.469 e. The Morgan fingerprint density at radius 1 is 0.560 bits per heavy atom. The lowest BCUT2D eigenvalue weighted by Crippen LogP contribution is -2.00. The lowest BCUT2D eigenvalue weighted by atomic mass is 10.0. The third kappa shape index (κ3) is 19.3. The number of hydrogen-bond donors (Lipinski definition) is 0. The fraction of sp³-hybridized carbons (Fsp3) is 0.909. The van der Waals surface area contributed by atoms with Gasteiger partial charge >= 0.3 is 5.97 Å². The molecule has 0 atom stereocenters. The number of carbonyl (C=O) groups excluding carboxylic acids is 2. The number of esters is 1. The molecule has 0 aliphatic heterocycles. The predicted molar refractivity (Wildman–Crippen MR) is 106 cm³/mol. The van der Waals surface area contributed by atoms with Crippen LogP contribution >= 0.6 is 0 Å². The third-order valence-corrected chi connectivity index (χ3v) is 4.87. The maximum atomic E-state index is 11.8. The molecule has 25 heavy (non-hydrogen) atoms. The van der Waals surface area contributed by atoms with Crippen molar-refractivity contribution in [1.29, 1.82) is 0 Å². The molecular formula is C22H42O3. The molecule has 0 aromatic carbocycles. The van der Waals surface area contributed by atoms with E-state index in [9.17, 15) is 9.59 Å². The van der Waals surface area contributed by atoms with Crippen LogP contribution in [0.3, 0.4) is 0 Å². The Hall–Kier alpha value is -0.860. The molecule has 148 valence electrons. The average molecular weight is 355 g/mol. The lowest BCUT2D eigenvalue weighted by molar-refractivity contribution is -0.140. The summed E-state index contributed by atoms with van der Waals surface area (Å²) >= 11 is 0. The first-order valence-electron chi connectivity index (χ1n) is 10.8. The first-order valence-corrected chi connectivity index (χ1v) is 10.8. The summed E-state index contributed by atoms with van der Waals surface area (Å²) in [6, 6.07) is 0. The number of rotatable bonds is 19. The Morgan fingerprint density at radius 3 is 1.32 bits per heavy atom. The highest BCUT2D eigenvalue weighted by Crippen LogP contribution is 2.13. The molecule has 0 saturated carbocycles. The number of unbranched alkanes of at least 4 members (excludes halogenated alkanes) is 13. The van der Waals surface area contributed by atoms with E-state index in [-0.39, 0.29) is 5.97 Å². The van der Waals surface area contributed by atoms with Crippen molar-refractivity contribution in [3.63, 3.8) is 0 Å². The summed E-state index contributed by atoms with van der Waals surface area (Å²) in [5.41, 5.74) is 0. The van der Waals surface area contributed by atoms with Crippen molar-refractivity contribution in [2.75, 3.05) is 7.11 Å². The highest BCUT2D eigenvalue weighted by molar-refractivity contribution is 5.78. The van der Waals surface area contributed by atoms with Gasteiger partial charge in [0.15, 0.2) is 0 Å². The number of Topliss-reactive ketones (excluding diaryl/α,β-unsaturated/α-hetero) is 1. The van der Waals surface area contributed by atoms with E-state index < -0.39 is 0 Å². The summed E-state index contributed by atoms with van der Waals surface area (Å²) in [6.45, 7) is 2.26. The van der Waals surface area contributed by atoms with Crippen LogP contribution in [0.2, 0.25) is 0 Å². The summed E-state index contributed by atoms with van der Waals surface area (Å²) < 4.78 is 4.61. The molecule has 0 amide bonds. The molecule has 0 heterocycles. The molecule has 0 aromatic rings. The van der Waals surface area contributed by atoms with Gasteiger partial charge in [0.2, 0.25) is 0 Å². The van der Waals surface area contributed by atoms with E-state index in [0.717, 1.165) is 44.9 Å². The van der Waals surface area contributed by atoms with Crippen molar-refractivity contribution in [3.8, 4) is 0 Å². The molecule has 0 saturated heterocycles. The molecule has 0 N–H and O–H groups in total. The second-order valence-electron chi connectivity index (χ2n) is 7.31. The number of ether oxygens (including phenoxy) is 1. The third-order valence-electron chi connectivity index (χ3n) is 4.87. The van der Waals surface area contributed by atoms with Gasteiger partial charge in [-0.2, -0.15) is 0 Å². The van der Waals surface area contributed by atoms with Gasteiger partial charge in [-0.3, -0.25) is 9.59 Å². The van der Waals surface area contributed by atoms with Crippen LogP contribution < -0.4 is 0 Å². The quantitative estimate of drug-likeness (QED) is 0.190. The smallest absolute Gasteiger partial charge is 0.305 e. The van der Waals surface area contributed by atoms with E-state index in [1.165, 1.54) is 71.3 Å². The lowest BCUT2D eigenvalue weighted by Gasteiger charge is -2.03. The summed E-state index contributed by atoms with van der Waals surface area (Å²) in [6.07, 6.45) is 20.5. The normalized spacial score (nSPS) is 10.8. The standard InChI is InChI=1S/C22H42O3/c1-3-4-5-6-7-8-9-10-11-12-15-18-21(23)19-16-13-14-17-20-22(24)25-2/h3-20H2,1-2H3. The number of ketones is 1. The minimum Gasteiger partial charge on any atom is -0.469 e. The van der Waals surface area contributed by atoms with E-state index in [0.29, 0.717) is 12.2 Å². The van der Waals surface area contributed by atoms with E-state index in [2.05, 4.69) is 11.7 Å². The van der Waals surface area contributed by atoms with Gasteiger partial charge in [-0.25, -0.2) is 0 Å². The Labute approximate surface area is 156 Å². The second-order valence-corrected chi connectivity index (χ2v) is 7.31. The van der Waals surface area contributed by atoms with Crippen molar-refractivity contribution in [2.45, 2.75) is 122 Å². The van der Waals surface area contributed by atoms with Crippen molar-refractivity contribution in [1.82, 2.24) is 0 Å². The summed E-state index contributed by atoms with van der Waals surface area (Å²) in [4.78, 5) is 22.8. The van der Waals surface area contributed by atoms with Gasteiger partial charge in [0.25, 0.3) is 0 Å². The molecule has 0 spiro atoms. The van der Waals surface area contributed by atoms with Crippen molar-refractivity contribution >= 4 is 11.8 Å². The van der Waals surface area contributed by atoms with Gasteiger partial charge < -0.3 is 4.74 Å². The first kappa shape index (κ1) is 24.1. The monoisotopic (exact) mass is 354 g/mol. The van der Waals surface area contributed by atoms with Gasteiger partial charge in [0, 0.05) is 19.3 Å². The van der Waals surface area contributed by atoms with E-state index in [1.807, 2.05) is 0 Å². The van der Waals surface area contributed by atoms with Crippen LogP contribution in [0.4, 0.5) is 0 Å². The van der Waals surface area contributed by atoms with Crippen molar-refractivity contribution in [3.05, 3.63) is 0 Å². The molecule has 0 bridgehead atoms. The first-order chi connectivity index (χ1) is 12.2. The van der Waals surface area contributed by atoms with Gasteiger partial charge in [-0.05, 0) is 19.3 Å². The number of hydrogen-bond acceptors (Lipinski definition) is 3. The molecule has 0 rings (SSSR count). The van der Waals surface area contributed by atoms with Gasteiger partial charge in [0.1, 0.15) is 5.78 Å². The molecular weight excluding hydrogens is 312 g/mol. The summed E-state index contributed by atoms with van der Waals surface area (Å²) in [5.74, 6) is 0.288. The predicted octanol–water partition coefficient (Wildman–Crippen LogP) is 6.77. The van der Waals surface area contributed by atoms with Gasteiger partial charge in [0.05, 0.1) is 7.11 Å². The van der Waals surface area contributed by atoms with Crippen LogP contribution in [-0.4, -0.2) is 18.9 Å². The SMILES string of the molecule is CCCCCCCCCCCCCC(=O)CCCCCCC(=O)OC. The highest BCUT2D eigenvalue weighted by Gasteiger charge is 2.03. The average Bonchev–Trinajstić information content (AvgIpc) is 2.62. The zero-order valence-corrected chi connectivity index (χ0v) is 17.0. The Balaban J connectivity index is 3.19. The van der Waals surface area contributed by atoms with Crippen LogP contribution in [0.5, 0.6) is 0 Å². The molecule has 3 heteroatoms. The summed E-state index contributed by atoms with van der Waals surface area (Å²) in [5, 5.41) is 0. The van der Waals surface area contributed by atoms with Crippen molar-refractivity contribution < 1.29 is 14.3 Å². The Bertz CT molecular complexity index is 312. The van der Waals surface area contributed by atoms with E-state index in [1.54, 1.807) is 0 Å². The molecule has 0 aromatic heterocycles. The number of carbonyl (C=O) groups is 2. The van der Waals surface area contributed by atoms with E-state index >= 15 is 0 Å². The molecule has 0 aliphatic rings. The minimum absolute atomic E-state index is 0.132. The topological polar surface area (TPSA) is 43.4 Å². The molecule has 0 fully saturated rings. The zero-order chi connectivity index (χ0) is 18.6. The number of methoxy groups -OCH3 is 1. The fourth-order valence-corrected chi connectivity index (χ4v) is 3.16. The molecule has 0 radical (unpaired) electrons. The van der Waals surface area contributed by atoms with Crippen LogP contribution in [0, 0.1) is 0 Å². The maximum Gasteiger partial charge on any atom is 0.305 e. The summed E-state index contributed by atoms with van der Waals surface area (Å²) in [7, 11) is 1.43. The minimum atomic E-state index is -0.132. The van der Waals surface area contributed by atoms with Gasteiger partial charge in [-0.15, -0.1) is 0 Å². The van der Waals surface area contributed by atoms with Crippen LogP contribution in [0.15, 0.2) is 0 Å². The maximum absolute atomic E-state index is 11.8.